The summed E-state index contributed by atoms with van der Waals surface area (Å²) in [6, 6.07) is 44.4. The van der Waals surface area contributed by atoms with Crippen LogP contribution in [0.25, 0.3) is 22.3 Å². The van der Waals surface area contributed by atoms with E-state index < -0.39 is 0 Å². The molecule has 1 nitrogen and oxygen atoms in total. The van der Waals surface area contributed by atoms with Crippen LogP contribution in [-0.2, 0) is 5.41 Å². The molecular formula is C39H33NS. The van der Waals surface area contributed by atoms with E-state index >= 15 is 0 Å². The molecule has 0 aromatic heterocycles. The summed E-state index contributed by atoms with van der Waals surface area (Å²) in [5.74, 6) is 0. The van der Waals surface area contributed by atoms with Crippen LogP contribution in [0.15, 0.2) is 155 Å². The molecule has 0 saturated heterocycles. The molecule has 2 heteroatoms. The molecule has 1 heterocycles. The maximum absolute atomic E-state index is 2.40. The molecule has 0 fully saturated rings. The Balaban J connectivity index is 1.22. The van der Waals surface area contributed by atoms with Gasteiger partial charge in [0, 0.05) is 32.3 Å². The van der Waals surface area contributed by atoms with Crippen molar-refractivity contribution in [1.29, 1.82) is 0 Å². The van der Waals surface area contributed by atoms with Crippen LogP contribution in [0.4, 0.5) is 11.4 Å². The summed E-state index contributed by atoms with van der Waals surface area (Å²) in [4.78, 5) is 5.10. The van der Waals surface area contributed by atoms with Gasteiger partial charge in [-0.25, -0.2) is 0 Å². The molecule has 0 atom stereocenters. The van der Waals surface area contributed by atoms with Gasteiger partial charge in [0.15, 0.2) is 0 Å². The molecule has 0 amide bonds. The third-order valence-corrected chi connectivity index (χ3v) is 9.51. The molecule has 0 unspecified atom stereocenters. The van der Waals surface area contributed by atoms with E-state index in [4.69, 9.17) is 0 Å². The first-order valence-corrected chi connectivity index (χ1v) is 15.2. The molecule has 1 aliphatic heterocycles. The van der Waals surface area contributed by atoms with E-state index in [1.807, 2.05) is 11.8 Å². The summed E-state index contributed by atoms with van der Waals surface area (Å²) in [5, 5.41) is 0. The number of rotatable bonds is 5. The first-order chi connectivity index (χ1) is 20.1. The minimum Gasteiger partial charge on any atom is -0.311 e. The van der Waals surface area contributed by atoms with Crippen LogP contribution in [-0.4, -0.2) is 0 Å². The summed E-state index contributed by atoms with van der Waals surface area (Å²) in [5.41, 5.74) is 11.3. The SMILES string of the molecule is CC1(C)c2ccccc2Sc2ccc(-c3ccc(N(C4=CCCC=C4)c4ccc(-c5ccccc5)cc4)cc3)cc21. The lowest BCUT2D eigenvalue weighted by Crippen LogP contribution is -2.23. The molecular weight excluding hydrogens is 515 g/mol. The summed E-state index contributed by atoms with van der Waals surface area (Å²) in [6.07, 6.45) is 9.04. The number of anilines is 2. The van der Waals surface area contributed by atoms with E-state index in [0.29, 0.717) is 0 Å². The molecule has 200 valence electrons. The van der Waals surface area contributed by atoms with E-state index in [-0.39, 0.29) is 5.41 Å². The molecule has 0 saturated carbocycles. The summed E-state index contributed by atoms with van der Waals surface area (Å²) in [7, 11) is 0. The zero-order valence-corrected chi connectivity index (χ0v) is 24.4. The van der Waals surface area contributed by atoms with Gasteiger partial charge in [-0.05, 0) is 94.8 Å². The molecule has 5 aromatic rings. The van der Waals surface area contributed by atoms with E-state index in [2.05, 4.69) is 158 Å². The van der Waals surface area contributed by atoms with Crippen molar-refractivity contribution in [3.05, 3.63) is 156 Å². The molecule has 0 radical (unpaired) electrons. The topological polar surface area (TPSA) is 3.24 Å². The van der Waals surface area contributed by atoms with Crippen molar-refractivity contribution in [1.82, 2.24) is 0 Å². The second-order valence-corrected chi connectivity index (χ2v) is 12.4. The average molecular weight is 548 g/mol. The zero-order chi connectivity index (χ0) is 27.8. The van der Waals surface area contributed by atoms with Crippen molar-refractivity contribution in [2.75, 3.05) is 4.90 Å². The fourth-order valence-electron chi connectivity index (χ4n) is 6.07. The number of nitrogens with zero attached hydrogens (tertiary/aromatic N) is 1. The fraction of sp³-hybridized carbons (Fsp3) is 0.128. The lowest BCUT2D eigenvalue weighted by Gasteiger charge is -2.35. The third kappa shape index (κ3) is 4.83. The van der Waals surface area contributed by atoms with E-state index in [1.54, 1.807) is 0 Å². The van der Waals surface area contributed by atoms with Crippen LogP contribution in [0, 0.1) is 0 Å². The predicted octanol–water partition coefficient (Wildman–Crippen LogP) is 11.2. The lowest BCUT2D eigenvalue weighted by atomic mass is 9.77. The molecule has 41 heavy (non-hydrogen) atoms. The second kappa shape index (κ2) is 10.6. The van der Waals surface area contributed by atoms with Gasteiger partial charge < -0.3 is 4.90 Å². The predicted molar refractivity (Wildman–Crippen MR) is 175 cm³/mol. The highest BCUT2D eigenvalue weighted by atomic mass is 32.2. The Morgan fingerprint density at radius 3 is 1.83 bits per heavy atom. The monoisotopic (exact) mass is 547 g/mol. The maximum Gasteiger partial charge on any atom is 0.0461 e. The highest BCUT2D eigenvalue weighted by Gasteiger charge is 2.33. The molecule has 7 rings (SSSR count). The molecule has 0 spiro atoms. The van der Waals surface area contributed by atoms with Crippen LogP contribution in [0.1, 0.15) is 37.8 Å². The number of fused-ring (bicyclic) bond motifs is 2. The summed E-state index contributed by atoms with van der Waals surface area (Å²) in [6.45, 7) is 4.70. The van der Waals surface area contributed by atoms with Crippen molar-refractivity contribution in [2.45, 2.75) is 41.9 Å². The van der Waals surface area contributed by atoms with Gasteiger partial charge in [-0.3, -0.25) is 0 Å². The molecule has 0 bridgehead atoms. The Labute approximate surface area is 247 Å². The van der Waals surface area contributed by atoms with E-state index in [0.717, 1.165) is 12.8 Å². The van der Waals surface area contributed by atoms with Gasteiger partial charge in [0.1, 0.15) is 0 Å². The zero-order valence-electron chi connectivity index (χ0n) is 23.5. The van der Waals surface area contributed by atoms with Crippen LogP contribution < -0.4 is 4.90 Å². The van der Waals surface area contributed by atoms with Gasteiger partial charge >= 0.3 is 0 Å². The molecule has 0 N–H and O–H groups in total. The Kier molecular flexibility index (Phi) is 6.65. The molecule has 2 aliphatic rings. The van der Waals surface area contributed by atoms with Gasteiger partial charge in [-0.15, -0.1) is 0 Å². The Bertz CT molecular complexity index is 1760. The molecule has 5 aromatic carbocycles. The first-order valence-electron chi connectivity index (χ1n) is 14.4. The quantitative estimate of drug-likeness (QED) is 0.215. The number of hydrogen-bond donors (Lipinski definition) is 0. The average Bonchev–Trinajstić information content (AvgIpc) is 3.03. The van der Waals surface area contributed by atoms with Crippen molar-refractivity contribution < 1.29 is 0 Å². The fourth-order valence-corrected chi connectivity index (χ4v) is 7.45. The minimum atomic E-state index is -0.0321. The normalized spacial score (nSPS) is 15.0. The van der Waals surface area contributed by atoms with Gasteiger partial charge in [0.25, 0.3) is 0 Å². The minimum absolute atomic E-state index is 0.0321. The van der Waals surface area contributed by atoms with Gasteiger partial charge in [-0.1, -0.05) is 117 Å². The first kappa shape index (κ1) is 25.7. The van der Waals surface area contributed by atoms with Crippen LogP contribution in [0.3, 0.4) is 0 Å². The summed E-state index contributed by atoms with van der Waals surface area (Å²) >= 11 is 1.89. The van der Waals surface area contributed by atoms with E-state index in [1.165, 1.54) is 60.2 Å². The smallest absolute Gasteiger partial charge is 0.0461 e. The number of allylic oxidation sites excluding steroid dienone is 3. The third-order valence-electron chi connectivity index (χ3n) is 8.36. The van der Waals surface area contributed by atoms with Crippen molar-refractivity contribution in [2.24, 2.45) is 0 Å². The van der Waals surface area contributed by atoms with Crippen molar-refractivity contribution in [3.8, 4) is 22.3 Å². The van der Waals surface area contributed by atoms with E-state index in [9.17, 15) is 0 Å². The Morgan fingerprint density at radius 1 is 0.561 bits per heavy atom. The van der Waals surface area contributed by atoms with Gasteiger partial charge in [0.2, 0.25) is 0 Å². The van der Waals surface area contributed by atoms with Crippen LogP contribution in [0.5, 0.6) is 0 Å². The van der Waals surface area contributed by atoms with Crippen LogP contribution in [0.2, 0.25) is 0 Å². The highest BCUT2D eigenvalue weighted by Crippen LogP contribution is 2.49. The Morgan fingerprint density at radius 2 is 1.15 bits per heavy atom. The lowest BCUT2D eigenvalue weighted by molar-refractivity contribution is 0.607. The largest absolute Gasteiger partial charge is 0.311 e. The van der Waals surface area contributed by atoms with Crippen molar-refractivity contribution in [3.63, 3.8) is 0 Å². The van der Waals surface area contributed by atoms with Crippen molar-refractivity contribution >= 4 is 23.1 Å². The van der Waals surface area contributed by atoms with Gasteiger partial charge in [0.05, 0.1) is 0 Å². The molecule has 1 aliphatic carbocycles. The van der Waals surface area contributed by atoms with Gasteiger partial charge in [-0.2, -0.15) is 0 Å². The summed E-state index contributed by atoms with van der Waals surface area (Å²) < 4.78 is 0. The number of hydrogen-bond acceptors (Lipinski definition) is 2. The van der Waals surface area contributed by atoms with Crippen LogP contribution >= 0.6 is 11.8 Å². The number of benzene rings is 5. The maximum atomic E-state index is 2.40. The second-order valence-electron chi connectivity index (χ2n) is 11.3. The Hall–Kier alpha value is -4.27. The standard InChI is InChI=1S/C39H33NS/c1-39(2)35-15-9-10-16-37(35)41-38-26-21-31(27-36(38)39)30-19-24-34(25-20-30)40(32-13-7-4-8-14-32)33-22-17-29(18-23-33)28-11-5-3-6-12-28/h3,5-7,9-27H,4,8H2,1-2H3. The highest BCUT2D eigenvalue weighted by molar-refractivity contribution is 7.99.